The number of aryl methyl sites for hydroxylation is 1. The number of carbonyl (C=O) groups excluding carboxylic acids is 1. The van der Waals surface area contributed by atoms with Gasteiger partial charge in [-0.15, -0.1) is 0 Å². The van der Waals surface area contributed by atoms with Gasteiger partial charge in [0.1, 0.15) is 12.4 Å². The van der Waals surface area contributed by atoms with Crippen LogP contribution < -0.4 is 10.1 Å². The molecule has 0 spiro atoms. The van der Waals surface area contributed by atoms with Gasteiger partial charge in [0.15, 0.2) is 0 Å². The first kappa shape index (κ1) is 23.2. The minimum Gasteiger partial charge on any atom is -0.492 e. The normalized spacial score (nSPS) is 15.1. The van der Waals surface area contributed by atoms with Gasteiger partial charge in [0, 0.05) is 25.3 Å². The quantitative estimate of drug-likeness (QED) is 0.632. The lowest BCUT2D eigenvalue weighted by Gasteiger charge is -2.26. The van der Waals surface area contributed by atoms with Gasteiger partial charge in [-0.05, 0) is 50.4 Å². The van der Waals surface area contributed by atoms with Crippen LogP contribution in [0.2, 0.25) is 0 Å². The van der Waals surface area contributed by atoms with Gasteiger partial charge in [0.25, 0.3) is 0 Å². The van der Waals surface area contributed by atoms with Crippen LogP contribution in [0.1, 0.15) is 5.56 Å². The number of benzene rings is 2. The minimum absolute atomic E-state index is 0.179. The first-order valence-electron chi connectivity index (χ1n) is 10.2. The molecule has 2 aromatic rings. The fourth-order valence-electron chi connectivity index (χ4n) is 3.12. The first-order chi connectivity index (χ1) is 14.8. The van der Waals surface area contributed by atoms with Crippen LogP contribution >= 0.6 is 0 Å². The van der Waals surface area contributed by atoms with E-state index in [2.05, 4.69) is 5.32 Å². The molecule has 1 aliphatic rings. The Hall–Kier alpha value is -2.46. The van der Waals surface area contributed by atoms with Crippen molar-refractivity contribution in [2.45, 2.75) is 11.8 Å². The maximum absolute atomic E-state index is 12.7. The van der Waals surface area contributed by atoms with Crippen molar-refractivity contribution >= 4 is 21.6 Å². The van der Waals surface area contributed by atoms with Crippen molar-refractivity contribution in [3.63, 3.8) is 0 Å². The Bertz CT molecular complexity index is 956. The molecule has 0 saturated carbocycles. The zero-order valence-corrected chi connectivity index (χ0v) is 18.7. The summed E-state index contributed by atoms with van der Waals surface area (Å²) >= 11 is 0. The molecule has 0 radical (unpaired) electrons. The standard InChI is InChI=1S/C22H29N3O5S/c1-18-3-7-20(8-4-18)30-16-11-24(2)17-22(26)23-19-5-9-21(10-6-19)31(27,28)25-12-14-29-15-13-25/h3-10H,11-17H2,1-2H3,(H,23,26). The number of hydrogen-bond acceptors (Lipinski definition) is 6. The van der Waals surface area contributed by atoms with Crippen molar-refractivity contribution in [1.29, 1.82) is 0 Å². The Morgan fingerprint density at radius 1 is 1.10 bits per heavy atom. The van der Waals surface area contributed by atoms with Gasteiger partial charge in [-0.2, -0.15) is 4.31 Å². The third-order valence-corrected chi connectivity index (χ3v) is 6.84. The van der Waals surface area contributed by atoms with Crippen molar-refractivity contribution in [2.24, 2.45) is 0 Å². The second-order valence-corrected chi connectivity index (χ2v) is 9.43. The molecule has 9 heteroatoms. The highest BCUT2D eigenvalue weighted by Gasteiger charge is 2.26. The Balaban J connectivity index is 1.44. The van der Waals surface area contributed by atoms with Crippen LogP contribution in [0.3, 0.4) is 0 Å². The number of carbonyl (C=O) groups is 1. The summed E-state index contributed by atoms with van der Waals surface area (Å²) in [5, 5.41) is 2.80. The number of anilines is 1. The summed E-state index contributed by atoms with van der Waals surface area (Å²) < 4.78 is 37.6. The maximum Gasteiger partial charge on any atom is 0.243 e. The SMILES string of the molecule is Cc1ccc(OCCN(C)CC(=O)Nc2ccc(S(=O)(=O)N3CCOCC3)cc2)cc1. The molecular weight excluding hydrogens is 418 g/mol. The van der Waals surface area contributed by atoms with Gasteiger partial charge in [0.05, 0.1) is 24.7 Å². The van der Waals surface area contributed by atoms with E-state index in [9.17, 15) is 13.2 Å². The number of sulfonamides is 1. The van der Waals surface area contributed by atoms with E-state index in [0.29, 0.717) is 45.1 Å². The molecule has 1 heterocycles. The van der Waals surface area contributed by atoms with Crippen molar-refractivity contribution in [3.8, 4) is 5.75 Å². The number of nitrogens with one attached hydrogen (secondary N) is 1. The molecule has 0 bridgehead atoms. The average Bonchev–Trinajstić information content (AvgIpc) is 2.76. The summed E-state index contributed by atoms with van der Waals surface area (Å²) in [6.45, 7) is 4.78. The largest absolute Gasteiger partial charge is 0.492 e. The zero-order chi connectivity index (χ0) is 22.3. The molecule has 1 fully saturated rings. The topological polar surface area (TPSA) is 88.2 Å². The van der Waals surface area contributed by atoms with Gasteiger partial charge in [-0.1, -0.05) is 17.7 Å². The van der Waals surface area contributed by atoms with Crippen molar-refractivity contribution in [2.75, 3.05) is 58.4 Å². The van der Waals surface area contributed by atoms with E-state index in [1.165, 1.54) is 22.0 Å². The summed E-state index contributed by atoms with van der Waals surface area (Å²) in [7, 11) is -1.70. The number of rotatable bonds is 9. The fourth-order valence-corrected chi connectivity index (χ4v) is 4.53. The Kier molecular flexibility index (Phi) is 8.03. The second-order valence-electron chi connectivity index (χ2n) is 7.49. The van der Waals surface area contributed by atoms with Gasteiger partial charge in [0.2, 0.25) is 15.9 Å². The third kappa shape index (κ3) is 6.76. The zero-order valence-electron chi connectivity index (χ0n) is 17.9. The molecule has 0 atom stereocenters. The monoisotopic (exact) mass is 447 g/mol. The summed E-state index contributed by atoms with van der Waals surface area (Å²) in [6, 6.07) is 14.1. The van der Waals surface area contributed by atoms with Crippen LogP contribution in [0.4, 0.5) is 5.69 Å². The highest BCUT2D eigenvalue weighted by atomic mass is 32.2. The van der Waals surface area contributed by atoms with Crippen molar-refractivity contribution in [3.05, 3.63) is 54.1 Å². The lowest BCUT2D eigenvalue weighted by Crippen LogP contribution is -2.40. The van der Waals surface area contributed by atoms with Crippen LogP contribution in [0.5, 0.6) is 5.75 Å². The van der Waals surface area contributed by atoms with Crippen LogP contribution in [0, 0.1) is 6.92 Å². The Labute approximate surface area is 183 Å². The molecule has 1 aliphatic heterocycles. The number of ether oxygens (including phenoxy) is 2. The van der Waals surface area contributed by atoms with E-state index in [4.69, 9.17) is 9.47 Å². The van der Waals surface area contributed by atoms with Crippen molar-refractivity contribution < 1.29 is 22.7 Å². The van der Waals surface area contributed by atoms with Gasteiger partial charge >= 0.3 is 0 Å². The molecule has 31 heavy (non-hydrogen) atoms. The predicted molar refractivity (Wildman–Crippen MR) is 119 cm³/mol. The molecule has 3 rings (SSSR count). The fraction of sp³-hybridized carbons (Fsp3) is 0.409. The molecule has 1 saturated heterocycles. The van der Waals surface area contributed by atoms with Crippen molar-refractivity contribution in [1.82, 2.24) is 9.21 Å². The van der Waals surface area contributed by atoms with Gasteiger partial charge in [-0.25, -0.2) is 8.42 Å². The highest BCUT2D eigenvalue weighted by Crippen LogP contribution is 2.19. The van der Waals surface area contributed by atoms with E-state index in [1.54, 1.807) is 12.1 Å². The van der Waals surface area contributed by atoms with Crippen LogP contribution in [0.25, 0.3) is 0 Å². The van der Waals surface area contributed by atoms with Crippen LogP contribution in [-0.2, 0) is 19.6 Å². The molecule has 0 aliphatic carbocycles. The minimum atomic E-state index is -3.54. The number of nitrogens with zero attached hydrogens (tertiary/aromatic N) is 2. The maximum atomic E-state index is 12.7. The molecule has 1 N–H and O–H groups in total. The van der Waals surface area contributed by atoms with E-state index in [1.807, 2.05) is 43.1 Å². The molecule has 0 unspecified atom stereocenters. The average molecular weight is 448 g/mol. The lowest BCUT2D eigenvalue weighted by atomic mass is 10.2. The van der Waals surface area contributed by atoms with Gasteiger partial charge in [-0.3, -0.25) is 9.69 Å². The van der Waals surface area contributed by atoms with E-state index < -0.39 is 10.0 Å². The number of hydrogen-bond donors (Lipinski definition) is 1. The number of amides is 1. The van der Waals surface area contributed by atoms with Crippen LogP contribution in [0.15, 0.2) is 53.4 Å². The summed E-state index contributed by atoms with van der Waals surface area (Å²) in [4.78, 5) is 14.4. The number of likely N-dealkylation sites (N-methyl/N-ethyl adjacent to an activating group) is 1. The molecule has 8 nitrogen and oxygen atoms in total. The molecule has 168 valence electrons. The number of morpholine rings is 1. The van der Waals surface area contributed by atoms with Gasteiger partial charge < -0.3 is 14.8 Å². The molecule has 2 aromatic carbocycles. The Morgan fingerprint density at radius 2 is 1.74 bits per heavy atom. The lowest BCUT2D eigenvalue weighted by molar-refractivity contribution is -0.117. The predicted octanol–water partition coefficient (Wildman–Crippen LogP) is 1.97. The smallest absolute Gasteiger partial charge is 0.243 e. The van der Waals surface area contributed by atoms with E-state index in [0.717, 1.165) is 5.75 Å². The Morgan fingerprint density at radius 3 is 2.39 bits per heavy atom. The van der Waals surface area contributed by atoms with E-state index >= 15 is 0 Å². The summed E-state index contributed by atoms with van der Waals surface area (Å²) in [6.07, 6.45) is 0. The second kappa shape index (κ2) is 10.7. The third-order valence-electron chi connectivity index (χ3n) is 4.92. The van der Waals surface area contributed by atoms with Crippen LogP contribution in [-0.4, -0.2) is 76.6 Å². The first-order valence-corrected chi connectivity index (χ1v) is 11.6. The molecular formula is C22H29N3O5S. The summed E-state index contributed by atoms with van der Waals surface area (Å²) in [5.74, 6) is 0.622. The molecule has 1 amide bonds. The highest BCUT2D eigenvalue weighted by molar-refractivity contribution is 7.89. The van der Waals surface area contributed by atoms with E-state index in [-0.39, 0.29) is 17.3 Å². The molecule has 0 aromatic heterocycles. The summed E-state index contributed by atoms with van der Waals surface area (Å²) in [5.41, 5.74) is 1.73.